The van der Waals surface area contributed by atoms with Crippen LogP contribution >= 0.6 is 23.2 Å². The Balaban J connectivity index is 1.48. The lowest BCUT2D eigenvalue weighted by atomic mass is 9.48. The molecule has 2 bridgehead atoms. The van der Waals surface area contributed by atoms with Gasteiger partial charge >= 0.3 is 5.97 Å². The molecule has 2 aromatic rings. The van der Waals surface area contributed by atoms with E-state index < -0.39 is 17.1 Å². The number of methoxy groups -OCH3 is 1. The van der Waals surface area contributed by atoms with E-state index in [1.54, 1.807) is 19.2 Å². The summed E-state index contributed by atoms with van der Waals surface area (Å²) >= 11 is 12.5. The van der Waals surface area contributed by atoms with Crippen LogP contribution < -0.4 is 9.47 Å². The number of benzene rings is 2. The van der Waals surface area contributed by atoms with Crippen molar-refractivity contribution in [1.82, 2.24) is 9.80 Å². The van der Waals surface area contributed by atoms with E-state index in [9.17, 15) is 9.59 Å². The quantitative estimate of drug-likeness (QED) is 0.251. The van der Waals surface area contributed by atoms with E-state index in [1.807, 2.05) is 23.1 Å². The first kappa shape index (κ1) is 30.3. The average Bonchev–Trinajstić information content (AvgIpc) is 3.30. The Bertz CT molecular complexity index is 1460. The van der Waals surface area contributed by atoms with E-state index in [0.717, 1.165) is 36.3 Å². The molecule has 7 nitrogen and oxygen atoms in total. The number of rotatable bonds is 9. The van der Waals surface area contributed by atoms with Crippen LogP contribution in [0.4, 0.5) is 0 Å². The number of hydrogen-bond acceptors (Lipinski definition) is 6. The molecule has 9 heteroatoms. The van der Waals surface area contributed by atoms with E-state index in [4.69, 9.17) is 37.4 Å². The van der Waals surface area contributed by atoms with Crippen molar-refractivity contribution in [2.24, 2.45) is 5.92 Å². The fourth-order valence-corrected chi connectivity index (χ4v) is 8.96. The molecule has 0 aromatic heterocycles. The molecule has 6 rings (SSSR count). The third-order valence-corrected chi connectivity index (χ3v) is 10.8. The molecule has 1 saturated carbocycles. The molecule has 2 fully saturated rings. The molecule has 4 aliphatic rings. The number of nitrogens with zero attached hydrogens (tertiary/aromatic N) is 2. The number of carbonyl (C=O) groups is 2. The van der Waals surface area contributed by atoms with Crippen molar-refractivity contribution in [3.8, 4) is 11.5 Å². The highest BCUT2D eigenvalue weighted by atomic mass is 35.5. The maximum absolute atomic E-state index is 14.2. The van der Waals surface area contributed by atoms with Crippen molar-refractivity contribution in [3.05, 3.63) is 69.7 Å². The molecule has 1 spiro atoms. The molecule has 230 valence electrons. The fourth-order valence-electron chi connectivity index (χ4n) is 8.63. The van der Waals surface area contributed by atoms with Crippen LogP contribution in [0, 0.1) is 5.92 Å². The molecule has 0 N–H and O–H groups in total. The van der Waals surface area contributed by atoms with Crippen LogP contribution in [-0.4, -0.2) is 72.2 Å². The van der Waals surface area contributed by atoms with Gasteiger partial charge in [-0.2, -0.15) is 0 Å². The monoisotopic (exact) mass is 626 g/mol. The molecule has 0 unspecified atom stereocenters. The first-order valence-electron chi connectivity index (χ1n) is 15.2. The lowest BCUT2D eigenvalue weighted by Crippen LogP contribution is -2.79. The van der Waals surface area contributed by atoms with Crippen LogP contribution in [0.15, 0.2) is 43.0 Å². The summed E-state index contributed by atoms with van der Waals surface area (Å²) in [5, 5.41) is 0.889. The minimum atomic E-state index is -0.803. The van der Waals surface area contributed by atoms with Crippen LogP contribution in [0.25, 0.3) is 0 Å². The number of hydrogen-bond donors (Lipinski definition) is 0. The van der Waals surface area contributed by atoms with Crippen LogP contribution in [0.1, 0.15) is 56.7 Å². The standard InChI is InChI=1S/C34H40Cl2N2O5/c1-6-14-37-15-13-33-30-23-8-10-27(41-5)31(30)42-32(33)26(11-12-34(33,28(37)18-23)43-21(4)39)38(19-20(2)3)29(40)17-22-7-9-24(35)25(36)16-22/h6-10,16,20,26,28,32H,1,11-15,17-19H2,2-5H3/t26-,28+,32-,33-,34+/m0/s1. The average molecular weight is 628 g/mol. The van der Waals surface area contributed by atoms with Crippen molar-refractivity contribution in [1.29, 1.82) is 0 Å². The second-order valence-corrected chi connectivity index (χ2v) is 13.7. The summed E-state index contributed by atoms with van der Waals surface area (Å²) in [6, 6.07) is 9.20. The first-order chi connectivity index (χ1) is 20.6. The van der Waals surface area contributed by atoms with Gasteiger partial charge in [-0.15, -0.1) is 6.58 Å². The summed E-state index contributed by atoms with van der Waals surface area (Å²) in [5.41, 5.74) is 1.67. The minimum Gasteiger partial charge on any atom is -0.493 e. The third kappa shape index (κ3) is 4.65. The van der Waals surface area contributed by atoms with Gasteiger partial charge in [-0.25, -0.2) is 0 Å². The summed E-state index contributed by atoms with van der Waals surface area (Å²) in [5.74, 6) is 1.35. The number of ether oxygens (including phenoxy) is 3. The Labute approximate surface area is 264 Å². The van der Waals surface area contributed by atoms with Crippen molar-refractivity contribution in [3.63, 3.8) is 0 Å². The van der Waals surface area contributed by atoms with Crippen LogP contribution in [-0.2, 0) is 32.6 Å². The molecule has 43 heavy (non-hydrogen) atoms. The van der Waals surface area contributed by atoms with Gasteiger partial charge < -0.3 is 19.1 Å². The smallest absolute Gasteiger partial charge is 0.303 e. The minimum absolute atomic E-state index is 0.0108. The second kappa shape index (κ2) is 11.3. The van der Waals surface area contributed by atoms with Crippen LogP contribution in [0.5, 0.6) is 11.5 Å². The van der Waals surface area contributed by atoms with E-state index in [0.29, 0.717) is 41.7 Å². The molecule has 2 heterocycles. The number of halogens is 2. The van der Waals surface area contributed by atoms with Crippen molar-refractivity contribution in [2.75, 3.05) is 26.7 Å². The maximum Gasteiger partial charge on any atom is 0.303 e. The molecule has 1 saturated heterocycles. The summed E-state index contributed by atoms with van der Waals surface area (Å²) in [6.45, 7) is 11.9. The fraction of sp³-hybridized carbons (Fsp3) is 0.529. The SMILES string of the molecule is C=CCN1CC[C@]23c4c5ccc(OC)c4O[C@H]2[C@@H](N(CC(C)C)C(=O)Cc2ccc(Cl)c(Cl)c2)CC[C@@]3(OC(C)=O)[C@H]1C5. The molecule has 0 radical (unpaired) electrons. The third-order valence-electron chi connectivity index (χ3n) is 10.0. The zero-order chi connectivity index (χ0) is 30.7. The molecular formula is C34H40Cl2N2O5. The van der Waals surface area contributed by atoms with Gasteiger partial charge in [0.05, 0.1) is 41.1 Å². The van der Waals surface area contributed by atoms with Gasteiger partial charge in [0.25, 0.3) is 0 Å². The number of piperidine rings is 1. The number of likely N-dealkylation sites (tertiary alicyclic amines) is 1. The van der Waals surface area contributed by atoms with Gasteiger partial charge in [0.15, 0.2) is 11.5 Å². The topological polar surface area (TPSA) is 68.3 Å². The largest absolute Gasteiger partial charge is 0.493 e. The van der Waals surface area contributed by atoms with Crippen molar-refractivity contribution >= 4 is 35.1 Å². The Morgan fingerprint density at radius 3 is 2.67 bits per heavy atom. The Hall–Kier alpha value is -2.74. The highest BCUT2D eigenvalue weighted by Crippen LogP contribution is 2.67. The van der Waals surface area contributed by atoms with Crippen molar-refractivity contribution < 1.29 is 23.8 Å². The Morgan fingerprint density at radius 2 is 2.00 bits per heavy atom. The molecule has 2 aliphatic carbocycles. The van der Waals surface area contributed by atoms with E-state index in [1.165, 1.54) is 12.5 Å². The zero-order valence-electron chi connectivity index (χ0n) is 25.3. The van der Waals surface area contributed by atoms with E-state index in [-0.39, 0.29) is 36.3 Å². The second-order valence-electron chi connectivity index (χ2n) is 12.8. The molecular weight excluding hydrogens is 587 g/mol. The molecule has 1 amide bonds. The lowest BCUT2D eigenvalue weighted by Gasteiger charge is -2.65. The highest BCUT2D eigenvalue weighted by Gasteiger charge is 2.75. The van der Waals surface area contributed by atoms with Crippen molar-refractivity contribution in [2.45, 2.75) is 82.1 Å². The number of esters is 1. The van der Waals surface area contributed by atoms with Gasteiger partial charge in [-0.3, -0.25) is 14.5 Å². The van der Waals surface area contributed by atoms with Crippen LogP contribution in [0.3, 0.4) is 0 Å². The summed E-state index contributed by atoms with van der Waals surface area (Å²) in [7, 11) is 1.65. The molecule has 2 aromatic carbocycles. The number of amides is 1. The Morgan fingerprint density at radius 1 is 1.21 bits per heavy atom. The molecule has 5 atom stereocenters. The normalized spacial score (nSPS) is 28.6. The summed E-state index contributed by atoms with van der Waals surface area (Å²) < 4.78 is 19.4. The van der Waals surface area contributed by atoms with Gasteiger partial charge in [-0.1, -0.05) is 55.3 Å². The molecule has 2 aliphatic heterocycles. The summed E-state index contributed by atoms with van der Waals surface area (Å²) in [6.07, 6.45) is 4.46. The maximum atomic E-state index is 14.2. The van der Waals surface area contributed by atoms with Gasteiger partial charge in [-0.05, 0) is 60.9 Å². The van der Waals surface area contributed by atoms with Gasteiger partial charge in [0.1, 0.15) is 11.7 Å². The van der Waals surface area contributed by atoms with E-state index in [2.05, 4.69) is 31.4 Å². The van der Waals surface area contributed by atoms with Gasteiger partial charge in [0.2, 0.25) is 5.91 Å². The van der Waals surface area contributed by atoms with Crippen LogP contribution in [0.2, 0.25) is 10.0 Å². The zero-order valence-corrected chi connectivity index (χ0v) is 26.8. The lowest BCUT2D eigenvalue weighted by molar-refractivity contribution is -0.223. The predicted molar refractivity (Wildman–Crippen MR) is 167 cm³/mol. The first-order valence-corrected chi connectivity index (χ1v) is 16.0. The highest BCUT2D eigenvalue weighted by molar-refractivity contribution is 6.42. The predicted octanol–water partition coefficient (Wildman–Crippen LogP) is 6.01. The number of carbonyl (C=O) groups excluding carboxylic acids is 2. The van der Waals surface area contributed by atoms with E-state index >= 15 is 0 Å². The Kier molecular flexibility index (Phi) is 7.97. The summed E-state index contributed by atoms with van der Waals surface area (Å²) in [4.78, 5) is 31.6. The van der Waals surface area contributed by atoms with Gasteiger partial charge in [0, 0.05) is 32.1 Å².